The van der Waals surface area contributed by atoms with Gasteiger partial charge in [-0.25, -0.2) is 0 Å². The largest absolute Gasteiger partial charge is 0.398 e. The molecule has 3 rings (SSSR count). The van der Waals surface area contributed by atoms with Gasteiger partial charge in [-0.2, -0.15) is 4.68 Å². The van der Waals surface area contributed by atoms with Gasteiger partial charge < -0.3 is 5.73 Å². The molecule has 1 fully saturated rings. The topological polar surface area (TPSA) is 69.6 Å². The van der Waals surface area contributed by atoms with Crippen molar-refractivity contribution in [3.63, 3.8) is 0 Å². The first-order valence-electron chi connectivity index (χ1n) is 6.59. The van der Waals surface area contributed by atoms with Crippen LogP contribution in [0.15, 0.2) is 22.7 Å². The maximum atomic E-state index is 5.82. The van der Waals surface area contributed by atoms with Crippen LogP contribution in [0.25, 0.3) is 5.69 Å². The highest BCUT2D eigenvalue weighted by molar-refractivity contribution is 9.10. The first-order valence-corrected chi connectivity index (χ1v) is 7.38. The minimum atomic E-state index is 0.472. The standard InChI is InChI=1S/C13H16BrN5/c14-11-8-10(6-7-12(11)15)19-13(16-17-18-19)9-4-2-1-3-5-9/h6-9H,1-5,15H2. The molecule has 100 valence electrons. The number of nitrogen functional groups attached to an aromatic ring is 1. The van der Waals surface area contributed by atoms with Crippen LogP contribution < -0.4 is 5.73 Å². The van der Waals surface area contributed by atoms with Gasteiger partial charge in [-0.1, -0.05) is 19.3 Å². The van der Waals surface area contributed by atoms with Gasteiger partial charge in [0, 0.05) is 16.1 Å². The van der Waals surface area contributed by atoms with E-state index in [2.05, 4.69) is 31.5 Å². The Bertz CT molecular complexity index is 574. The molecule has 6 heteroatoms. The average molecular weight is 322 g/mol. The zero-order chi connectivity index (χ0) is 13.2. The molecule has 0 bridgehead atoms. The van der Waals surface area contributed by atoms with E-state index in [0.29, 0.717) is 5.92 Å². The van der Waals surface area contributed by atoms with E-state index < -0.39 is 0 Å². The van der Waals surface area contributed by atoms with E-state index in [4.69, 9.17) is 5.73 Å². The van der Waals surface area contributed by atoms with Crippen LogP contribution in [0.1, 0.15) is 43.8 Å². The summed E-state index contributed by atoms with van der Waals surface area (Å²) in [4.78, 5) is 0. The molecule has 0 radical (unpaired) electrons. The van der Waals surface area contributed by atoms with Gasteiger partial charge in [0.2, 0.25) is 0 Å². The van der Waals surface area contributed by atoms with Gasteiger partial charge in [0.15, 0.2) is 5.82 Å². The summed E-state index contributed by atoms with van der Waals surface area (Å²) in [7, 11) is 0. The summed E-state index contributed by atoms with van der Waals surface area (Å²) in [6, 6.07) is 5.77. The third kappa shape index (κ3) is 2.49. The fourth-order valence-electron chi connectivity index (χ4n) is 2.64. The number of aromatic nitrogens is 4. The number of nitrogens with zero attached hydrogens (tertiary/aromatic N) is 4. The predicted molar refractivity (Wildman–Crippen MR) is 77.1 cm³/mol. The van der Waals surface area contributed by atoms with Crippen LogP contribution in [0.5, 0.6) is 0 Å². The molecule has 2 N–H and O–H groups in total. The van der Waals surface area contributed by atoms with E-state index in [1.165, 1.54) is 32.1 Å². The van der Waals surface area contributed by atoms with Crippen molar-refractivity contribution < 1.29 is 0 Å². The molecule has 2 aromatic rings. The van der Waals surface area contributed by atoms with Crippen molar-refractivity contribution in [1.29, 1.82) is 0 Å². The lowest BCUT2D eigenvalue weighted by Gasteiger charge is -2.20. The Kier molecular flexibility index (Phi) is 3.50. The number of nitrogens with two attached hydrogens (primary N) is 1. The summed E-state index contributed by atoms with van der Waals surface area (Å²) < 4.78 is 2.70. The predicted octanol–water partition coefficient (Wildman–Crippen LogP) is 3.05. The van der Waals surface area contributed by atoms with E-state index in [1.54, 1.807) is 0 Å². The van der Waals surface area contributed by atoms with Gasteiger partial charge in [0.05, 0.1) is 5.69 Å². The maximum Gasteiger partial charge on any atom is 0.159 e. The summed E-state index contributed by atoms with van der Waals surface area (Å²) in [6.07, 6.45) is 6.21. The molecule has 0 atom stereocenters. The number of hydrogen-bond acceptors (Lipinski definition) is 4. The third-order valence-corrected chi connectivity index (χ3v) is 4.38. The number of rotatable bonds is 2. The first-order chi connectivity index (χ1) is 9.25. The second-order valence-electron chi connectivity index (χ2n) is 4.99. The highest BCUT2D eigenvalue weighted by Gasteiger charge is 2.22. The molecule has 1 aliphatic carbocycles. The van der Waals surface area contributed by atoms with Gasteiger partial charge in [-0.3, -0.25) is 0 Å². The summed E-state index contributed by atoms with van der Waals surface area (Å²) >= 11 is 3.45. The quantitative estimate of drug-likeness (QED) is 0.863. The highest BCUT2D eigenvalue weighted by atomic mass is 79.9. The van der Waals surface area contributed by atoms with Crippen molar-refractivity contribution in [3.8, 4) is 5.69 Å². The molecule has 0 unspecified atom stereocenters. The molecule has 19 heavy (non-hydrogen) atoms. The molecule has 1 heterocycles. The summed E-state index contributed by atoms with van der Waals surface area (Å²) in [5, 5.41) is 12.2. The van der Waals surface area contributed by atoms with Crippen LogP contribution in [0, 0.1) is 0 Å². The summed E-state index contributed by atoms with van der Waals surface area (Å²) in [5.74, 6) is 1.44. The third-order valence-electron chi connectivity index (χ3n) is 3.69. The van der Waals surface area contributed by atoms with Gasteiger partial charge in [-0.15, -0.1) is 5.10 Å². The molecular weight excluding hydrogens is 306 g/mol. The van der Waals surface area contributed by atoms with Crippen molar-refractivity contribution in [3.05, 3.63) is 28.5 Å². The highest BCUT2D eigenvalue weighted by Crippen LogP contribution is 2.32. The Balaban J connectivity index is 1.96. The van der Waals surface area contributed by atoms with Crippen LogP contribution in [0.3, 0.4) is 0 Å². The zero-order valence-corrected chi connectivity index (χ0v) is 12.2. The van der Waals surface area contributed by atoms with Crippen LogP contribution in [0.2, 0.25) is 0 Å². The maximum absolute atomic E-state index is 5.82. The Hall–Kier alpha value is -1.43. The van der Waals surface area contributed by atoms with Crippen LogP contribution in [-0.2, 0) is 0 Å². The van der Waals surface area contributed by atoms with Gasteiger partial charge in [0.1, 0.15) is 0 Å². The van der Waals surface area contributed by atoms with E-state index in [-0.39, 0.29) is 0 Å². The van der Waals surface area contributed by atoms with E-state index in [9.17, 15) is 0 Å². The van der Waals surface area contributed by atoms with Crippen LogP contribution in [0.4, 0.5) is 5.69 Å². The van der Waals surface area contributed by atoms with Crippen molar-refractivity contribution in [2.45, 2.75) is 38.0 Å². The van der Waals surface area contributed by atoms with E-state index in [1.807, 2.05) is 22.9 Å². The second-order valence-corrected chi connectivity index (χ2v) is 5.84. The molecule has 0 aliphatic heterocycles. The van der Waals surface area contributed by atoms with Crippen molar-refractivity contribution in [2.24, 2.45) is 0 Å². The Morgan fingerprint density at radius 3 is 2.74 bits per heavy atom. The molecule has 5 nitrogen and oxygen atoms in total. The molecular formula is C13H16BrN5. The molecule has 1 aromatic heterocycles. The molecule has 1 aromatic carbocycles. The molecule has 0 saturated heterocycles. The number of anilines is 1. The zero-order valence-electron chi connectivity index (χ0n) is 10.6. The van der Waals surface area contributed by atoms with Gasteiger partial charge in [-0.05, 0) is 57.4 Å². The fraction of sp³-hybridized carbons (Fsp3) is 0.462. The average Bonchev–Trinajstić information content (AvgIpc) is 2.92. The first kappa shape index (κ1) is 12.6. The van der Waals surface area contributed by atoms with E-state index >= 15 is 0 Å². The Morgan fingerprint density at radius 2 is 2.00 bits per heavy atom. The van der Waals surface area contributed by atoms with Crippen molar-refractivity contribution in [1.82, 2.24) is 20.2 Å². The monoisotopic (exact) mass is 321 g/mol. The summed E-state index contributed by atoms with van der Waals surface area (Å²) in [6.45, 7) is 0. The SMILES string of the molecule is Nc1ccc(-n2nnnc2C2CCCCC2)cc1Br. The number of benzene rings is 1. The molecule has 1 aliphatic rings. The molecule has 0 spiro atoms. The molecule has 1 saturated carbocycles. The minimum Gasteiger partial charge on any atom is -0.398 e. The number of hydrogen-bond donors (Lipinski definition) is 1. The number of tetrazole rings is 1. The molecule has 0 amide bonds. The normalized spacial score (nSPS) is 16.7. The lowest BCUT2D eigenvalue weighted by molar-refractivity contribution is 0.422. The summed E-state index contributed by atoms with van der Waals surface area (Å²) in [5.41, 5.74) is 7.48. The smallest absolute Gasteiger partial charge is 0.159 e. The second kappa shape index (κ2) is 5.28. The van der Waals surface area contributed by atoms with Crippen molar-refractivity contribution in [2.75, 3.05) is 5.73 Å². The Labute approximate surface area is 120 Å². The lowest BCUT2D eigenvalue weighted by Crippen LogP contribution is -2.12. The van der Waals surface area contributed by atoms with Gasteiger partial charge >= 0.3 is 0 Å². The fourth-order valence-corrected chi connectivity index (χ4v) is 3.01. The lowest BCUT2D eigenvalue weighted by atomic mass is 9.89. The Morgan fingerprint density at radius 1 is 1.21 bits per heavy atom. The van der Waals surface area contributed by atoms with Crippen LogP contribution >= 0.6 is 15.9 Å². The van der Waals surface area contributed by atoms with E-state index in [0.717, 1.165) is 21.7 Å². The van der Waals surface area contributed by atoms with Gasteiger partial charge in [0.25, 0.3) is 0 Å². The van der Waals surface area contributed by atoms with Crippen molar-refractivity contribution >= 4 is 21.6 Å². The van der Waals surface area contributed by atoms with Crippen LogP contribution in [-0.4, -0.2) is 20.2 Å². The number of halogens is 1. The minimum absolute atomic E-state index is 0.472.